The Morgan fingerprint density at radius 3 is 2.17 bits per heavy atom. The molecule has 4 aliphatic carbocycles. The number of hydrogen-bond donors (Lipinski definition) is 4. The van der Waals surface area contributed by atoms with Gasteiger partial charge >= 0.3 is 18.0 Å². The van der Waals surface area contributed by atoms with Gasteiger partial charge in [0.15, 0.2) is 0 Å². The van der Waals surface area contributed by atoms with Crippen molar-refractivity contribution < 1.29 is 48.7 Å². The number of nitrogens with one attached hydrogen (secondary N) is 1. The van der Waals surface area contributed by atoms with E-state index in [1.54, 1.807) is 12.0 Å². The van der Waals surface area contributed by atoms with Crippen molar-refractivity contribution in [2.75, 3.05) is 26.7 Å². The second-order valence-corrected chi connectivity index (χ2v) is 24.4. The van der Waals surface area contributed by atoms with Crippen LogP contribution in [0.15, 0.2) is 90.5 Å². The van der Waals surface area contributed by atoms with E-state index in [1.807, 2.05) is 78.9 Å². The molecule has 0 spiro atoms. The number of benzene rings is 3. The van der Waals surface area contributed by atoms with Gasteiger partial charge in [0.2, 0.25) is 5.91 Å². The average Bonchev–Trinajstić information content (AvgIpc) is 4.16. The minimum absolute atomic E-state index is 0.0284. The van der Waals surface area contributed by atoms with Crippen LogP contribution in [0.5, 0.6) is 5.75 Å². The highest BCUT2D eigenvalue weighted by atomic mass is 16.6. The third-order valence-corrected chi connectivity index (χ3v) is 19.6. The summed E-state index contributed by atoms with van der Waals surface area (Å²) in [5, 5.41) is 35.4. The number of unbranched alkanes of at least 4 members (excludes halogenated alkanes) is 2. The molecule has 1 saturated heterocycles. The van der Waals surface area contributed by atoms with Gasteiger partial charge in [-0.25, -0.2) is 4.79 Å². The zero-order valence-corrected chi connectivity index (χ0v) is 46.4. The van der Waals surface area contributed by atoms with E-state index >= 15 is 0 Å². The van der Waals surface area contributed by atoms with Crippen LogP contribution in [0.1, 0.15) is 166 Å². The summed E-state index contributed by atoms with van der Waals surface area (Å²) < 4.78 is 17.6. The summed E-state index contributed by atoms with van der Waals surface area (Å²) in [5.41, 5.74) is 3.77. The van der Waals surface area contributed by atoms with Crippen LogP contribution in [-0.2, 0) is 35.9 Å². The molecule has 4 fully saturated rings. The summed E-state index contributed by atoms with van der Waals surface area (Å²) in [6.45, 7) is 12.8. The Labute approximate surface area is 452 Å². The van der Waals surface area contributed by atoms with Gasteiger partial charge in [-0.2, -0.15) is 0 Å². The number of carbonyl (C=O) groups excluding carboxylic acids is 3. The van der Waals surface area contributed by atoms with Crippen LogP contribution in [0.25, 0.3) is 0 Å². The molecule has 5 aliphatic rings. The molecule has 12 nitrogen and oxygen atoms in total. The fraction of sp³-hybridized carbons (Fsp3) is 0.625. The van der Waals surface area contributed by atoms with Gasteiger partial charge in [0, 0.05) is 31.8 Å². The molecule has 3 aromatic rings. The quantitative estimate of drug-likeness (QED) is 0.0310. The maximum Gasteiger partial charge on any atom is 0.407 e. The monoisotopic (exact) mass is 1040 g/mol. The van der Waals surface area contributed by atoms with E-state index in [0.29, 0.717) is 48.5 Å². The van der Waals surface area contributed by atoms with Crippen LogP contribution in [0.2, 0.25) is 0 Å². The summed E-state index contributed by atoms with van der Waals surface area (Å²) >= 11 is 0. The SMILES string of the molecule is COc1ccc(C(c2ccccc2)(c2ccc(CO)cc2)C(O)C2CN(C(=O)CCCCCNC(=O)OC3CC[C@@]4(C)C(=CCC5C4CC[C@@]4(C)C5CC[C@@H]4C(C)CCCC(C)C)C3)CC2OC(=O)CCC(=O)O)cc1. The number of alkyl carbamates (subject to hydrolysis) is 1. The molecule has 1 heterocycles. The number of amides is 2. The molecule has 1 aliphatic heterocycles. The highest BCUT2D eigenvalue weighted by molar-refractivity contribution is 5.78. The molecular weight excluding hydrogens is 957 g/mol. The van der Waals surface area contributed by atoms with E-state index in [-0.39, 0.29) is 56.1 Å². The molecule has 0 radical (unpaired) electrons. The maximum absolute atomic E-state index is 14.1. The number of aliphatic hydroxyl groups excluding tert-OH is 2. The summed E-state index contributed by atoms with van der Waals surface area (Å²) in [6, 6.07) is 24.4. The molecular formula is C64H88N2O10. The van der Waals surface area contributed by atoms with E-state index in [9.17, 15) is 34.5 Å². The van der Waals surface area contributed by atoms with Crippen molar-refractivity contribution in [3.8, 4) is 5.75 Å². The minimum Gasteiger partial charge on any atom is -0.497 e. The van der Waals surface area contributed by atoms with Gasteiger partial charge in [0.1, 0.15) is 18.0 Å². The van der Waals surface area contributed by atoms with Crippen molar-refractivity contribution in [3.05, 3.63) is 113 Å². The molecule has 12 atom stereocenters. The first-order chi connectivity index (χ1) is 36.5. The van der Waals surface area contributed by atoms with Crippen molar-refractivity contribution in [2.24, 2.45) is 52.3 Å². The van der Waals surface area contributed by atoms with E-state index in [4.69, 9.17) is 14.2 Å². The summed E-state index contributed by atoms with van der Waals surface area (Å²) in [6.07, 6.45) is 14.6. The highest BCUT2D eigenvalue weighted by Gasteiger charge is 2.59. The number of methoxy groups -OCH3 is 1. The maximum atomic E-state index is 14.1. The number of carbonyl (C=O) groups is 4. The Hall–Kier alpha value is -5.20. The number of fused-ring (bicyclic) bond motifs is 5. The van der Waals surface area contributed by atoms with Crippen LogP contribution in [0, 0.1) is 52.3 Å². The summed E-state index contributed by atoms with van der Waals surface area (Å²) in [5.74, 6) is 2.52. The molecule has 2 amide bonds. The van der Waals surface area contributed by atoms with Gasteiger partial charge in [-0.15, -0.1) is 0 Å². The molecule has 8 rings (SSSR count). The number of carboxylic acids is 1. The van der Waals surface area contributed by atoms with Crippen LogP contribution in [0.3, 0.4) is 0 Å². The molecule has 76 heavy (non-hydrogen) atoms. The van der Waals surface area contributed by atoms with Crippen molar-refractivity contribution in [2.45, 2.75) is 174 Å². The Morgan fingerprint density at radius 1 is 0.776 bits per heavy atom. The fourth-order valence-corrected chi connectivity index (χ4v) is 15.5. The molecule has 414 valence electrons. The highest BCUT2D eigenvalue weighted by Crippen LogP contribution is 2.67. The molecule has 4 N–H and O–H groups in total. The number of allylic oxidation sites excluding steroid dienone is 1. The molecule has 3 saturated carbocycles. The molecule has 12 heteroatoms. The van der Waals surface area contributed by atoms with E-state index in [1.165, 1.54) is 50.5 Å². The lowest BCUT2D eigenvalue weighted by molar-refractivity contribution is -0.155. The number of likely N-dealkylation sites (tertiary alicyclic amines) is 1. The molecule has 3 aromatic carbocycles. The first-order valence-corrected chi connectivity index (χ1v) is 28.9. The Kier molecular flexibility index (Phi) is 18.8. The third-order valence-electron chi connectivity index (χ3n) is 19.6. The van der Waals surface area contributed by atoms with Gasteiger partial charge in [-0.1, -0.05) is 139 Å². The largest absolute Gasteiger partial charge is 0.497 e. The van der Waals surface area contributed by atoms with Gasteiger partial charge in [-0.3, -0.25) is 14.4 Å². The topological polar surface area (TPSA) is 172 Å². The van der Waals surface area contributed by atoms with Crippen molar-refractivity contribution in [1.82, 2.24) is 10.2 Å². The van der Waals surface area contributed by atoms with Crippen LogP contribution in [-0.4, -0.2) is 89.2 Å². The Balaban J connectivity index is 0.856. The number of carboxylic acid groups (broad SMARTS) is 1. The Morgan fingerprint density at radius 2 is 1.49 bits per heavy atom. The van der Waals surface area contributed by atoms with Crippen LogP contribution >= 0.6 is 0 Å². The van der Waals surface area contributed by atoms with Gasteiger partial charge in [0.25, 0.3) is 0 Å². The first-order valence-electron chi connectivity index (χ1n) is 28.9. The number of rotatable bonds is 23. The Bertz CT molecular complexity index is 2410. The molecule has 0 bridgehead atoms. The van der Waals surface area contributed by atoms with Crippen LogP contribution < -0.4 is 10.1 Å². The molecule has 9 unspecified atom stereocenters. The minimum atomic E-state index is -1.28. The number of nitrogens with zero attached hydrogens (tertiary/aromatic N) is 1. The lowest BCUT2D eigenvalue weighted by Gasteiger charge is -2.58. The molecule has 0 aromatic heterocycles. The number of aliphatic carboxylic acids is 1. The zero-order chi connectivity index (χ0) is 54.2. The number of hydrogen-bond acceptors (Lipinski definition) is 9. The standard InChI is InChI=1S/C64H88N2O10/c1-42(2)14-13-15-43(3)53-29-30-54-51-28-25-48-38-50(33-35-62(48,4)55(51)34-36-63(53,54)5)75-61(73)65-37-12-8-11-18-57(68)66-39-52(56(40-66)76-59(71)32-31-58(69)70)60(72)64(45-16-9-7-10-17-45,46-21-19-44(41-67)20-22-46)47-23-26-49(74-6)27-24-47/h7,9-10,16-17,19-27,42-43,50-56,60,67,72H,8,11-15,18,28-41H2,1-6H3,(H,65,73)(H,69,70)/t43?,50?,51?,52?,53-,54?,55?,56?,60?,62+,63-,64?/m1/s1. The van der Waals surface area contributed by atoms with E-state index < -0.39 is 41.9 Å². The fourth-order valence-electron chi connectivity index (χ4n) is 15.5. The zero-order valence-electron chi connectivity index (χ0n) is 46.4. The summed E-state index contributed by atoms with van der Waals surface area (Å²) in [7, 11) is 1.58. The lowest BCUT2D eigenvalue weighted by Crippen LogP contribution is -2.51. The normalized spacial score (nSPS) is 28.5. The summed E-state index contributed by atoms with van der Waals surface area (Å²) in [4.78, 5) is 53.6. The van der Waals surface area contributed by atoms with Crippen molar-refractivity contribution in [1.29, 1.82) is 0 Å². The first kappa shape index (κ1) is 57.0. The van der Waals surface area contributed by atoms with Gasteiger partial charge < -0.3 is 39.7 Å². The second kappa shape index (κ2) is 25.1. The van der Waals surface area contributed by atoms with E-state index in [2.05, 4.69) is 46.0 Å². The smallest absolute Gasteiger partial charge is 0.407 e. The lowest BCUT2D eigenvalue weighted by atomic mass is 9.47. The van der Waals surface area contributed by atoms with Crippen molar-refractivity contribution >= 4 is 23.9 Å². The van der Waals surface area contributed by atoms with Crippen molar-refractivity contribution in [3.63, 3.8) is 0 Å². The van der Waals surface area contributed by atoms with E-state index in [0.717, 1.165) is 72.0 Å². The van der Waals surface area contributed by atoms with Gasteiger partial charge in [0.05, 0.1) is 44.6 Å². The average molecular weight is 1050 g/mol. The van der Waals surface area contributed by atoms with Crippen LogP contribution in [0.4, 0.5) is 4.79 Å². The predicted octanol–water partition coefficient (Wildman–Crippen LogP) is 11.8. The predicted molar refractivity (Wildman–Crippen MR) is 294 cm³/mol. The number of aliphatic hydroxyl groups is 2. The second-order valence-electron chi connectivity index (χ2n) is 24.4. The van der Waals surface area contributed by atoms with Gasteiger partial charge in [-0.05, 0) is 139 Å². The number of ether oxygens (including phenoxy) is 3. The number of esters is 1. The third kappa shape index (κ3) is 12.2.